The summed E-state index contributed by atoms with van der Waals surface area (Å²) in [6, 6.07) is 16.4. The molecule has 0 fully saturated rings. The summed E-state index contributed by atoms with van der Waals surface area (Å²) in [5, 5.41) is 11.3. The van der Waals surface area contributed by atoms with Gasteiger partial charge in [0.15, 0.2) is 0 Å². The Hall–Kier alpha value is -3.26. The van der Waals surface area contributed by atoms with Crippen LogP contribution in [-0.2, 0) is 22.6 Å². The minimum Gasteiger partial charge on any atom is -0.481 e. The molecule has 0 unspecified atom stereocenters. The van der Waals surface area contributed by atoms with Gasteiger partial charge in [0.05, 0.1) is 13.0 Å². The molecule has 0 aliphatic rings. The van der Waals surface area contributed by atoms with Crippen LogP contribution in [0.4, 0.5) is 4.79 Å². The first-order valence-electron chi connectivity index (χ1n) is 7.37. The van der Waals surface area contributed by atoms with Gasteiger partial charge in [0.25, 0.3) is 0 Å². The topological polar surface area (TPSA) is 75.6 Å². The highest BCUT2D eigenvalue weighted by molar-refractivity contribution is 5.70. The van der Waals surface area contributed by atoms with Crippen LogP contribution < -0.4 is 5.32 Å². The highest BCUT2D eigenvalue weighted by Gasteiger charge is 2.01. The van der Waals surface area contributed by atoms with Gasteiger partial charge in [-0.1, -0.05) is 54.3 Å². The van der Waals surface area contributed by atoms with Crippen LogP contribution in [0.1, 0.15) is 16.7 Å². The molecule has 2 aromatic carbocycles. The summed E-state index contributed by atoms with van der Waals surface area (Å²) in [6.07, 6.45) is -0.577. The quantitative estimate of drug-likeness (QED) is 0.829. The van der Waals surface area contributed by atoms with Gasteiger partial charge >= 0.3 is 12.1 Å². The van der Waals surface area contributed by atoms with Crippen molar-refractivity contribution >= 4 is 12.1 Å². The number of hydrogen-bond donors (Lipinski definition) is 2. The van der Waals surface area contributed by atoms with Gasteiger partial charge in [-0.3, -0.25) is 4.79 Å². The third kappa shape index (κ3) is 6.24. The molecule has 0 saturated heterocycles. The van der Waals surface area contributed by atoms with Gasteiger partial charge in [-0.15, -0.1) is 0 Å². The predicted octanol–water partition coefficient (Wildman–Crippen LogP) is 2.59. The largest absolute Gasteiger partial charge is 0.481 e. The maximum Gasteiger partial charge on any atom is 0.408 e. The number of alkyl carbamates (subject to hydrolysis) is 1. The van der Waals surface area contributed by atoms with Crippen molar-refractivity contribution in [2.24, 2.45) is 0 Å². The molecule has 1 amide bonds. The molecule has 2 N–H and O–H groups in total. The summed E-state index contributed by atoms with van der Waals surface area (Å²) in [7, 11) is 0. The van der Waals surface area contributed by atoms with Crippen LogP contribution in [0, 0.1) is 11.8 Å². The molecule has 0 aromatic heterocycles. The number of carboxylic acid groups (broad SMARTS) is 1. The van der Waals surface area contributed by atoms with Gasteiger partial charge in [-0.2, -0.15) is 0 Å². The fourth-order valence-electron chi connectivity index (χ4n) is 1.97. The predicted molar refractivity (Wildman–Crippen MR) is 89.3 cm³/mol. The smallest absolute Gasteiger partial charge is 0.408 e. The Morgan fingerprint density at radius 2 is 1.79 bits per heavy atom. The Balaban J connectivity index is 1.77. The highest BCUT2D eigenvalue weighted by atomic mass is 16.5. The van der Waals surface area contributed by atoms with Crippen molar-refractivity contribution in [1.82, 2.24) is 5.32 Å². The van der Waals surface area contributed by atoms with Gasteiger partial charge in [-0.25, -0.2) is 4.79 Å². The number of benzene rings is 2. The van der Waals surface area contributed by atoms with E-state index in [0.717, 1.165) is 5.56 Å². The van der Waals surface area contributed by atoms with Gasteiger partial charge in [0.2, 0.25) is 0 Å². The standard InChI is InChI=1S/C19H17NO4/c21-18(22)13-17-9-4-8-15(12-17)10-5-11-20-19(23)24-14-16-6-2-1-3-7-16/h1-4,6-9,12H,11,13-14H2,(H,20,23)(H,21,22). The zero-order valence-corrected chi connectivity index (χ0v) is 13.0. The number of carbonyl (C=O) groups excluding carboxylic acids is 1. The van der Waals surface area contributed by atoms with Crippen molar-refractivity contribution < 1.29 is 19.4 Å². The van der Waals surface area contributed by atoms with Crippen LogP contribution in [0.15, 0.2) is 54.6 Å². The van der Waals surface area contributed by atoms with Crippen molar-refractivity contribution in [3.63, 3.8) is 0 Å². The van der Waals surface area contributed by atoms with E-state index in [1.165, 1.54) is 0 Å². The van der Waals surface area contributed by atoms with Gasteiger partial charge < -0.3 is 15.2 Å². The molecule has 0 atom stereocenters. The Labute approximate surface area is 140 Å². The molecule has 0 heterocycles. The molecule has 0 bridgehead atoms. The van der Waals surface area contributed by atoms with Gasteiger partial charge in [0.1, 0.15) is 6.61 Å². The molecule has 0 saturated carbocycles. The number of rotatable bonds is 5. The molecule has 5 nitrogen and oxygen atoms in total. The Kier molecular flexibility index (Phi) is 6.42. The zero-order valence-electron chi connectivity index (χ0n) is 13.0. The molecule has 24 heavy (non-hydrogen) atoms. The van der Waals surface area contributed by atoms with Crippen molar-refractivity contribution in [2.45, 2.75) is 13.0 Å². The number of carboxylic acids is 1. The first-order chi connectivity index (χ1) is 11.6. The number of hydrogen-bond acceptors (Lipinski definition) is 3. The van der Waals surface area contributed by atoms with Gasteiger partial charge in [0, 0.05) is 5.56 Å². The number of carbonyl (C=O) groups is 2. The number of amides is 1. The summed E-state index contributed by atoms with van der Waals surface area (Å²) in [4.78, 5) is 22.2. The van der Waals surface area contributed by atoms with E-state index < -0.39 is 12.1 Å². The lowest BCUT2D eigenvalue weighted by Gasteiger charge is -2.04. The second kappa shape index (κ2) is 9.01. The summed E-state index contributed by atoms with van der Waals surface area (Å²) >= 11 is 0. The number of aliphatic carboxylic acids is 1. The van der Waals surface area contributed by atoms with Crippen molar-refractivity contribution in [1.29, 1.82) is 0 Å². The normalized spacial score (nSPS) is 9.50. The fourth-order valence-corrected chi connectivity index (χ4v) is 1.97. The minimum absolute atomic E-state index is 0.0421. The molecule has 0 radical (unpaired) electrons. The van der Waals surface area contributed by atoms with Crippen molar-refractivity contribution in [2.75, 3.05) is 6.54 Å². The molecule has 2 rings (SSSR count). The van der Waals surface area contributed by atoms with E-state index in [1.807, 2.05) is 30.3 Å². The molecule has 2 aromatic rings. The zero-order chi connectivity index (χ0) is 17.2. The van der Waals surface area contributed by atoms with Crippen LogP contribution in [0.5, 0.6) is 0 Å². The molecule has 5 heteroatoms. The van der Waals surface area contributed by atoms with E-state index in [2.05, 4.69) is 17.2 Å². The Morgan fingerprint density at radius 1 is 1.04 bits per heavy atom. The lowest BCUT2D eigenvalue weighted by molar-refractivity contribution is -0.136. The molecule has 122 valence electrons. The SMILES string of the molecule is O=C(O)Cc1cccc(C#CCNC(=O)OCc2ccccc2)c1. The second-order valence-electron chi connectivity index (χ2n) is 4.99. The summed E-state index contributed by atoms with van der Waals surface area (Å²) in [6.45, 7) is 0.355. The fraction of sp³-hybridized carbons (Fsp3) is 0.158. The summed E-state index contributed by atoms with van der Waals surface area (Å²) < 4.78 is 5.06. The second-order valence-corrected chi connectivity index (χ2v) is 4.99. The van der Waals surface area contributed by atoms with Crippen molar-refractivity contribution in [3.8, 4) is 11.8 Å². The van der Waals surface area contributed by atoms with E-state index in [4.69, 9.17) is 9.84 Å². The third-order valence-electron chi connectivity index (χ3n) is 3.05. The Bertz CT molecular complexity index is 760. The minimum atomic E-state index is -0.886. The third-order valence-corrected chi connectivity index (χ3v) is 3.05. The van der Waals surface area contributed by atoms with Crippen LogP contribution in [0.3, 0.4) is 0 Å². The first-order valence-corrected chi connectivity index (χ1v) is 7.37. The van der Waals surface area contributed by atoms with E-state index in [0.29, 0.717) is 11.1 Å². The number of nitrogens with one attached hydrogen (secondary N) is 1. The average molecular weight is 323 g/mol. The molecular formula is C19H17NO4. The molecule has 0 spiro atoms. The van der Waals surface area contributed by atoms with E-state index in [-0.39, 0.29) is 19.6 Å². The lowest BCUT2D eigenvalue weighted by atomic mass is 10.1. The van der Waals surface area contributed by atoms with Crippen LogP contribution in [-0.4, -0.2) is 23.7 Å². The number of ether oxygens (including phenoxy) is 1. The Morgan fingerprint density at radius 3 is 2.54 bits per heavy atom. The first kappa shape index (κ1) is 17.1. The van der Waals surface area contributed by atoms with Crippen molar-refractivity contribution in [3.05, 3.63) is 71.3 Å². The van der Waals surface area contributed by atoms with Gasteiger partial charge in [-0.05, 0) is 23.3 Å². The van der Waals surface area contributed by atoms with Crippen LogP contribution in [0.25, 0.3) is 0 Å². The van der Waals surface area contributed by atoms with E-state index in [9.17, 15) is 9.59 Å². The maximum atomic E-state index is 11.5. The van der Waals surface area contributed by atoms with Crippen LogP contribution in [0.2, 0.25) is 0 Å². The highest BCUT2D eigenvalue weighted by Crippen LogP contribution is 2.05. The van der Waals surface area contributed by atoms with E-state index >= 15 is 0 Å². The molecular weight excluding hydrogens is 306 g/mol. The maximum absolute atomic E-state index is 11.5. The lowest BCUT2D eigenvalue weighted by Crippen LogP contribution is -2.24. The summed E-state index contributed by atoms with van der Waals surface area (Å²) in [5.41, 5.74) is 2.30. The van der Waals surface area contributed by atoms with Crippen LogP contribution >= 0.6 is 0 Å². The summed E-state index contributed by atoms with van der Waals surface area (Å²) in [5.74, 6) is 4.79. The molecule has 0 aliphatic carbocycles. The molecule has 0 aliphatic heterocycles. The monoisotopic (exact) mass is 323 g/mol. The average Bonchev–Trinajstić information content (AvgIpc) is 2.58. The van der Waals surface area contributed by atoms with E-state index in [1.54, 1.807) is 24.3 Å².